The smallest absolute Gasteiger partial charge is 0.322 e. The van der Waals surface area contributed by atoms with Crippen LogP contribution < -0.4 is 4.90 Å². The number of urea groups is 1. The molecule has 1 fully saturated rings. The van der Waals surface area contributed by atoms with Gasteiger partial charge < -0.3 is 4.90 Å². The lowest BCUT2D eigenvalue weighted by atomic mass is 10.1. The fraction of sp³-hybridized carbons (Fsp3) is 0.280. The Bertz CT molecular complexity index is 1080. The standard InChI is InChI=1S/C25H28N6O3/c1-28(34)23(32)22-10-8-21(9-11-22)19-31(24-26-12-5-13-27-24)25(33)30-16-14-29(15-17-30)18-20-6-3-2-4-7-20/h2-13,34H,14-19H2,1H3. The van der Waals surface area contributed by atoms with Crippen molar-refractivity contribution in [2.45, 2.75) is 13.1 Å². The number of rotatable bonds is 6. The zero-order valence-corrected chi connectivity index (χ0v) is 19.1. The first-order valence-corrected chi connectivity index (χ1v) is 11.2. The van der Waals surface area contributed by atoms with Crippen molar-refractivity contribution in [1.82, 2.24) is 24.8 Å². The second-order valence-electron chi connectivity index (χ2n) is 8.19. The summed E-state index contributed by atoms with van der Waals surface area (Å²) in [5.41, 5.74) is 2.44. The largest absolute Gasteiger partial charge is 0.327 e. The van der Waals surface area contributed by atoms with E-state index in [0.29, 0.717) is 29.7 Å². The minimum Gasteiger partial charge on any atom is -0.322 e. The van der Waals surface area contributed by atoms with Crippen LogP contribution in [0.4, 0.5) is 10.7 Å². The second kappa shape index (κ2) is 10.9. The van der Waals surface area contributed by atoms with E-state index in [0.717, 1.165) is 25.2 Å². The molecule has 0 bridgehead atoms. The fourth-order valence-electron chi connectivity index (χ4n) is 3.89. The third-order valence-corrected chi connectivity index (χ3v) is 5.75. The molecule has 9 heteroatoms. The highest BCUT2D eigenvalue weighted by molar-refractivity contribution is 5.93. The van der Waals surface area contributed by atoms with E-state index in [4.69, 9.17) is 0 Å². The molecule has 3 amide bonds. The first kappa shape index (κ1) is 23.3. The number of hydroxylamine groups is 2. The Labute approximate surface area is 198 Å². The van der Waals surface area contributed by atoms with Crippen molar-refractivity contribution < 1.29 is 14.8 Å². The summed E-state index contributed by atoms with van der Waals surface area (Å²) >= 11 is 0. The van der Waals surface area contributed by atoms with Crippen molar-refractivity contribution in [3.8, 4) is 0 Å². The molecule has 2 aromatic carbocycles. The fourth-order valence-corrected chi connectivity index (χ4v) is 3.89. The maximum Gasteiger partial charge on any atom is 0.327 e. The molecule has 1 aliphatic rings. The molecule has 0 atom stereocenters. The Kier molecular flexibility index (Phi) is 7.46. The van der Waals surface area contributed by atoms with Gasteiger partial charge in [0.25, 0.3) is 5.91 Å². The van der Waals surface area contributed by atoms with Gasteiger partial charge in [0, 0.05) is 57.7 Å². The number of benzene rings is 2. The summed E-state index contributed by atoms with van der Waals surface area (Å²) in [5, 5.41) is 9.90. The summed E-state index contributed by atoms with van der Waals surface area (Å²) in [6.07, 6.45) is 3.22. The molecule has 2 heterocycles. The van der Waals surface area contributed by atoms with E-state index in [1.54, 1.807) is 47.6 Å². The van der Waals surface area contributed by atoms with Crippen molar-refractivity contribution in [3.05, 3.63) is 89.7 Å². The topological polar surface area (TPSA) is 93.1 Å². The van der Waals surface area contributed by atoms with E-state index in [1.165, 1.54) is 12.6 Å². The summed E-state index contributed by atoms with van der Waals surface area (Å²) < 4.78 is 0. The Hall–Kier alpha value is -3.82. The van der Waals surface area contributed by atoms with E-state index in [9.17, 15) is 14.8 Å². The normalized spacial score (nSPS) is 14.0. The highest BCUT2D eigenvalue weighted by Gasteiger charge is 2.28. The van der Waals surface area contributed by atoms with Crippen molar-refractivity contribution in [2.75, 3.05) is 38.1 Å². The van der Waals surface area contributed by atoms with Gasteiger partial charge in [0.2, 0.25) is 5.95 Å². The lowest BCUT2D eigenvalue weighted by molar-refractivity contribution is -0.0374. The van der Waals surface area contributed by atoms with Crippen LogP contribution in [-0.2, 0) is 13.1 Å². The average Bonchev–Trinajstić information content (AvgIpc) is 2.88. The Balaban J connectivity index is 1.44. The first-order valence-electron chi connectivity index (χ1n) is 11.2. The number of amides is 3. The minimum absolute atomic E-state index is 0.152. The molecule has 176 valence electrons. The quantitative estimate of drug-likeness (QED) is 0.449. The molecular weight excluding hydrogens is 432 g/mol. The average molecular weight is 461 g/mol. The van der Waals surface area contributed by atoms with Gasteiger partial charge in [-0.2, -0.15) is 0 Å². The maximum absolute atomic E-state index is 13.5. The first-order chi connectivity index (χ1) is 16.5. The van der Waals surface area contributed by atoms with Crippen LogP contribution in [0.15, 0.2) is 73.1 Å². The molecule has 0 spiro atoms. The van der Waals surface area contributed by atoms with Gasteiger partial charge in [-0.1, -0.05) is 42.5 Å². The van der Waals surface area contributed by atoms with Crippen LogP contribution >= 0.6 is 0 Å². The Morgan fingerprint density at radius 2 is 1.53 bits per heavy atom. The third kappa shape index (κ3) is 5.75. The molecule has 3 aromatic rings. The maximum atomic E-state index is 13.5. The summed E-state index contributed by atoms with van der Waals surface area (Å²) in [7, 11) is 1.28. The minimum atomic E-state index is -0.501. The predicted octanol–water partition coefficient (Wildman–Crippen LogP) is 2.88. The Morgan fingerprint density at radius 3 is 2.15 bits per heavy atom. The number of hydrogen-bond acceptors (Lipinski definition) is 6. The lowest BCUT2D eigenvalue weighted by Gasteiger charge is -2.37. The molecule has 34 heavy (non-hydrogen) atoms. The van der Waals surface area contributed by atoms with Gasteiger partial charge in [0.1, 0.15) is 0 Å². The van der Waals surface area contributed by atoms with E-state index >= 15 is 0 Å². The van der Waals surface area contributed by atoms with Crippen molar-refractivity contribution in [2.24, 2.45) is 0 Å². The number of aromatic nitrogens is 2. The summed E-state index contributed by atoms with van der Waals surface area (Å²) in [5.74, 6) is -0.172. The van der Waals surface area contributed by atoms with Gasteiger partial charge in [-0.05, 0) is 29.3 Å². The molecular formula is C25H28N6O3. The second-order valence-corrected chi connectivity index (χ2v) is 8.19. The van der Waals surface area contributed by atoms with Crippen LogP contribution in [0.5, 0.6) is 0 Å². The highest BCUT2D eigenvalue weighted by Crippen LogP contribution is 2.17. The molecule has 1 saturated heterocycles. The molecule has 0 unspecified atom stereocenters. The van der Waals surface area contributed by atoms with E-state index in [1.807, 2.05) is 23.1 Å². The molecule has 1 aliphatic heterocycles. The van der Waals surface area contributed by atoms with Crippen LogP contribution in [-0.4, -0.2) is 75.2 Å². The van der Waals surface area contributed by atoms with Crippen molar-refractivity contribution in [3.63, 3.8) is 0 Å². The van der Waals surface area contributed by atoms with Crippen LogP contribution in [0.3, 0.4) is 0 Å². The predicted molar refractivity (Wildman–Crippen MR) is 127 cm³/mol. The SMILES string of the molecule is CN(O)C(=O)c1ccc(CN(C(=O)N2CCN(Cc3ccccc3)CC2)c2ncccn2)cc1. The number of carbonyl (C=O) groups excluding carboxylic acids is 2. The van der Waals surface area contributed by atoms with E-state index in [-0.39, 0.29) is 12.6 Å². The molecule has 1 N–H and O–H groups in total. The van der Waals surface area contributed by atoms with Crippen LogP contribution in [0, 0.1) is 0 Å². The van der Waals surface area contributed by atoms with Crippen LogP contribution in [0.1, 0.15) is 21.5 Å². The number of hydrogen-bond donors (Lipinski definition) is 1. The number of nitrogens with zero attached hydrogens (tertiary/aromatic N) is 6. The molecule has 4 rings (SSSR count). The van der Waals surface area contributed by atoms with Gasteiger partial charge in [-0.3, -0.25) is 19.8 Å². The van der Waals surface area contributed by atoms with Gasteiger partial charge in [0.05, 0.1) is 6.54 Å². The van der Waals surface area contributed by atoms with Gasteiger partial charge in [0.15, 0.2) is 0 Å². The molecule has 9 nitrogen and oxygen atoms in total. The van der Waals surface area contributed by atoms with Gasteiger partial charge in [-0.25, -0.2) is 19.8 Å². The summed E-state index contributed by atoms with van der Waals surface area (Å²) in [6, 6.07) is 18.7. The molecule has 1 aromatic heterocycles. The molecule has 0 saturated carbocycles. The van der Waals surface area contributed by atoms with Crippen molar-refractivity contribution in [1.29, 1.82) is 0 Å². The third-order valence-electron chi connectivity index (χ3n) is 5.75. The summed E-state index contributed by atoms with van der Waals surface area (Å²) in [4.78, 5) is 39.7. The van der Waals surface area contributed by atoms with Gasteiger partial charge >= 0.3 is 6.03 Å². The monoisotopic (exact) mass is 460 g/mol. The Morgan fingerprint density at radius 1 is 0.882 bits per heavy atom. The molecule has 0 aliphatic carbocycles. The lowest BCUT2D eigenvalue weighted by Crippen LogP contribution is -2.52. The number of carbonyl (C=O) groups is 2. The summed E-state index contributed by atoms with van der Waals surface area (Å²) in [6.45, 7) is 3.93. The van der Waals surface area contributed by atoms with E-state index < -0.39 is 5.91 Å². The number of piperazine rings is 1. The zero-order chi connectivity index (χ0) is 23.9. The highest BCUT2D eigenvalue weighted by atomic mass is 16.5. The van der Waals surface area contributed by atoms with Crippen LogP contribution in [0.2, 0.25) is 0 Å². The number of anilines is 1. The van der Waals surface area contributed by atoms with Crippen molar-refractivity contribution >= 4 is 17.9 Å². The van der Waals surface area contributed by atoms with E-state index in [2.05, 4.69) is 27.0 Å². The zero-order valence-electron chi connectivity index (χ0n) is 19.1. The van der Waals surface area contributed by atoms with Gasteiger partial charge in [-0.15, -0.1) is 0 Å². The molecule has 0 radical (unpaired) electrons. The van der Waals surface area contributed by atoms with Crippen LogP contribution in [0.25, 0.3) is 0 Å².